The lowest BCUT2D eigenvalue weighted by Crippen LogP contribution is -2.13. The molecule has 2 N–H and O–H groups in total. The summed E-state index contributed by atoms with van der Waals surface area (Å²) < 4.78 is 10.3. The molecule has 1 aromatic heterocycles. The summed E-state index contributed by atoms with van der Waals surface area (Å²) in [6.45, 7) is 0. The van der Waals surface area contributed by atoms with Crippen LogP contribution >= 0.6 is 11.3 Å². The van der Waals surface area contributed by atoms with Crippen molar-refractivity contribution in [1.29, 1.82) is 0 Å². The van der Waals surface area contributed by atoms with E-state index in [4.69, 9.17) is 9.47 Å². The summed E-state index contributed by atoms with van der Waals surface area (Å²) in [6, 6.07) is 11.9. The standard InChI is InChI=1S/C20H16N2O7S/c1-28-15-7-6-12(9-16(15)29-2)19(23)21-14-10-17(30-18(14)20(24)25)11-4-3-5-13(8-11)22(26)27/h3-10H,1-2H3,(H,21,23)(H,24,25). The van der Waals surface area contributed by atoms with Crippen LogP contribution in [-0.4, -0.2) is 36.1 Å². The summed E-state index contributed by atoms with van der Waals surface area (Å²) in [7, 11) is 2.91. The van der Waals surface area contributed by atoms with Crippen molar-refractivity contribution < 1.29 is 29.1 Å². The van der Waals surface area contributed by atoms with Gasteiger partial charge in [0, 0.05) is 22.6 Å². The van der Waals surface area contributed by atoms with E-state index < -0.39 is 16.8 Å². The molecule has 0 saturated carbocycles. The molecule has 1 heterocycles. The molecule has 3 aromatic rings. The van der Waals surface area contributed by atoms with Gasteiger partial charge in [0.25, 0.3) is 11.6 Å². The molecule has 0 aliphatic heterocycles. The second-order valence-corrected chi connectivity index (χ2v) is 7.04. The van der Waals surface area contributed by atoms with Crippen LogP contribution in [0.1, 0.15) is 20.0 Å². The van der Waals surface area contributed by atoms with Crippen molar-refractivity contribution in [3.8, 4) is 21.9 Å². The van der Waals surface area contributed by atoms with Gasteiger partial charge in [0.1, 0.15) is 4.88 Å². The number of ether oxygens (including phenoxy) is 2. The molecule has 0 bridgehead atoms. The average molecular weight is 428 g/mol. The van der Waals surface area contributed by atoms with Gasteiger partial charge in [-0.3, -0.25) is 14.9 Å². The molecule has 2 aromatic carbocycles. The Morgan fingerprint density at radius 2 is 1.80 bits per heavy atom. The van der Waals surface area contributed by atoms with E-state index in [9.17, 15) is 24.8 Å². The molecule has 154 valence electrons. The lowest BCUT2D eigenvalue weighted by atomic mass is 10.1. The minimum atomic E-state index is -1.22. The van der Waals surface area contributed by atoms with Crippen LogP contribution in [0.25, 0.3) is 10.4 Å². The number of nitro groups is 1. The fourth-order valence-electron chi connectivity index (χ4n) is 2.73. The number of carbonyl (C=O) groups is 2. The number of benzene rings is 2. The third kappa shape index (κ3) is 4.23. The fourth-order valence-corrected chi connectivity index (χ4v) is 3.68. The maximum atomic E-state index is 12.7. The number of anilines is 1. The molecule has 10 heteroatoms. The molecule has 3 rings (SSSR count). The van der Waals surface area contributed by atoms with Crippen LogP contribution in [0, 0.1) is 10.1 Å². The number of methoxy groups -OCH3 is 2. The van der Waals surface area contributed by atoms with Gasteiger partial charge in [-0.25, -0.2) is 4.79 Å². The van der Waals surface area contributed by atoms with E-state index in [-0.39, 0.29) is 21.8 Å². The zero-order valence-electron chi connectivity index (χ0n) is 15.9. The first-order chi connectivity index (χ1) is 14.3. The fraction of sp³-hybridized carbons (Fsp3) is 0.100. The first-order valence-corrected chi connectivity index (χ1v) is 9.31. The van der Waals surface area contributed by atoms with Gasteiger partial charge in [0.15, 0.2) is 11.5 Å². The van der Waals surface area contributed by atoms with E-state index in [1.807, 2.05) is 0 Å². The van der Waals surface area contributed by atoms with E-state index in [0.29, 0.717) is 21.9 Å². The highest BCUT2D eigenvalue weighted by Gasteiger charge is 2.20. The summed E-state index contributed by atoms with van der Waals surface area (Å²) >= 11 is 0.910. The first kappa shape index (κ1) is 20.8. The normalized spacial score (nSPS) is 10.3. The second-order valence-electron chi connectivity index (χ2n) is 5.99. The molecule has 0 saturated heterocycles. The van der Waals surface area contributed by atoms with Crippen molar-refractivity contribution in [3.63, 3.8) is 0 Å². The van der Waals surface area contributed by atoms with Crippen LogP contribution in [0.2, 0.25) is 0 Å². The van der Waals surface area contributed by atoms with Crippen LogP contribution in [0.15, 0.2) is 48.5 Å². The van der Waals surface area contributed by atoms with Crippen LogP contribution in [-0.2, 0) is 0 Å². The van der Waals surface area contributed by atoms with Gasteiger partial charge in [-0.2, -0.15) is 0 Å². The monoisotopic (exact) mass is 428 g/mol. The van der Waals surface area contributed by atoms with Gasteiger partial charge < -0.3 is 19.9 Å². The Labute approximate surface area is 174 Å². The number of thiophene rings is 1. The number of non-ortho nitro benzene ring substituents is 1. The van der Waals surface area contributed by atoms with Crippen LogP contribution in [0.5, 0.6) is 11.5 Å². The largest absolute Gasteiger partial charge is 0.493 e. The number of nitrogens with zero attached hydrogens (tertiary/aromatic N) is 1. The molecular formula is C20H16N2O7S. The second kappa shape index (κ2) is 8.62. The van der Waals surface area contributed by atoms with Crippen LogP contribution in [0.4, 0.5) is 11.4 Å². The van der Waals surface area contributed by atoms with Gasteiger partial charge in [-0.15, -0.1) is 11.3 Å². The highest BCUT2D eigenvalue weighted by molar-refractivity contribution is 7.18. The summed E-state index contributed by atoms with van der Waals surface area (Å²) in [5.41, 5.74) is 0.692. The number of aromatic carboxylic acids is 1. The van der Waals surface area contributed by atoms with Gasteiger partial charge in [0.05, 0.1) is 24.8 Å². The van der Waals surface area contributed by atoms with Crippen LogP contribution in [0.3, 0.4) is 0 Å². The highest BCUT2D eigenvalue weighted by Crippen LogP contribution is 2.36. The summed E-state index contributed by atoms with van der Waals surface area (Å²) in [5.74, 6) is -0.962. The van der Waals surface area contributed by atoms with E-state index in [1.165, 1.54) is 50.6 Å². The number of carbonyl (C=O) groups excluding carboxylic acids is 1. The topological polar surface area (TPSA) is 128 Å². The molecule has 1 amide bonds. The van der Waals surface area contributed by atoms with Gasteiger partial charge >= 0.3 is 5.97 Å². The number of amides is 1. The van der Waals surface area contributed by atoms with Gasteiger partial charge in [0.2, 0.25) is 0 Å². The molecule has 9 nitrogen and oxygen atoms in total. The van der Waals surface area contributed by atoms with Crippen molar-refractivity contribution in [2.75, 3.05) is 19.5 Å². The molecular weight excluding hydrogens is 412 g/mol. The smallest absolute Gasteiger partial charge is 0.348 e. The van der Waals surface area contributed by atoms with E-state index in [1.54, 1.807) is 12.1 Å². The maximum absolute atomic E-state index is 12.7. The number of nitro benzene ring substituents is 1. The van der Waals surface area contributed by atoms with Crippen LogP contribution < -0.4 is 14.8 Å². The summed E-state index contributed by atoms with van der Waals surface area (Å²) in [6.07, 6.45) is 0. The Hall–Kier alpha value is -3.92. The number of hydrogen-bond acceptors (Lipinski definition) is 7. The Morgan fingerprint density at radius 1 is 1.07 bits per heavy atom. The Balaban J connectivity index is 1.94. The lowest BCUT2D eigenvalue weighted by Gasteiger charge is -2.10. The SMILES string of the molecule is COc1ccc(C(=O)Nc2cc(-c3cccc([N+](=O)[O-])c3)sc2C(=O)O)cc1OC. The average Bonchev–Trinajstić information content (AvgIpc) is 3.17. The predicted molar refractivity (Wildman–Crippen MR) is 111 cm³/mol. The Kier molecular flexibility index (Phi) is 5.98. The quantitative estimate of drug-likeness (QED) is 0.424. The van der Waals surface area contributed by atoms with Gasteiger partial charge in [-0.05, 0) is 29.8 Å². The summed E-state index contributed by atoms with van der Waals surface area (Å²) in [5, 5.41) is 23.1. The van der Waals surface area contributed by atoms with Crippen molar-refractivity contribution in [2.45, 2.75) is 0 Å². The molecule has 0 aliphatic rings. The predicted octanol–water partition coefficient (Wildman–Crippen LogP) is 4.29. The van der Waals surface area contributed by atoms with Gasteiger partial charge in [-0.1, -0.05) is 12.1 Å². The number of hydrogen-bond donors (Lipinski definition) is 2. The molecule has 0 radical (unpaired) electrons. The summed E-state index contributed by atoms with van der Waals surface area (Å²) in [4.78, 5) is 35.2. The van der Waals surface area contributed by atoms with E-state index in [0.717, 1.165) is 11.3 Å². The Bertz CT molecular complexity index is 1140. The molecule has 0 unspecified atom stereocenters. The third-order valence-electron chi connectivity index (χ3n) is 4.16. The van der Waals surface area contributed by atoms with Crippen molar-refractivity contribution in [3.05, 3.63) is 69.1 Å². The van der Waals surface area contributed by atoms with Crippen molar-refractivity contribution in [2.24, 2.45) is 0 Å². The van der Waals surface area contributed by atoms with Crippen molar-refractivity contribution >= 4 is 34.6 Å². The maximum Gasteiger partial charge on any atom is 0.348 e. The minimum Gasteiger partial charge on any atom is -0.493 e. The minimum absolute atomic E-state index is 0.0915. The molecule has 0 spiro atoms. The zero-order valence-corrected chi connectivity index (χ0v) is 16.7. The molecule has 0 aliphatic carbocycles. The van der Waals surface area contributed by atoms with E-state index in [2.05, 4.69) is 5.32 Å². The number of carboxylic acid groups (broad SMARTS) is 1. The van der Waals surface area contributed by atoms with E-state index >= 15 is 0 Å². The first-order valence-electron chi connectivity index (χ1n) is 8.49. The molecule has 0 atom stereocenters. The zero-order chi connectivity index (χ0) is 21.8. The third-order valence-corrected chi connectivity index (χ3v) is 5.33. The Morgan fingerprint density at radius 3 is 2.43 bits per heavy atom. The lowest BCUT2D eigenvalue weighted by molar-refractivity contribution is -0.384. The number of rotatable bonds is 7. The number of nitrogens with one attached hydrogen (secondary N) is 1. The number of carboxylic acids is 1. The molecule has 30 heavy (non-hydrogen) atoms. The van der Waals surface area contributed by atoms with Crippen molar-refractivity contribution in [1.82, 2.24) is 0 Å². The highest BCUT2D eigenvalue weighted by atomic mass is 32.1. The molecule has 0 fully saturated rings.